The van der Waals surface area contributed by atoms with Crippen molar-refractivity contribution in [2.45, 2.75) is 32.9 Å². The largest absolute Gasteiger partial charge is 0.496 e. The Labute approximate surface area is 140 Å². The molecule has 1 N–H and O–H groups in total. The first-order valence-electron chi connectivity index (χ1n) is 7.01. The predicted molar refractivity (Wildman–Crippen MR) is 84.1 cm³/mol. The molecule has 0 aromatic heterocycles. The molecule has 0 atom stereocenters. The number of nitriles is 1. The van der Waals surface area contributed by atoms with Crippen LogP contribution in [-0.2, 0) is 11.3 Å². The Hall–Kier alpha value is -2.95. The van der Waals surface area contributed by atoms with Gasteiger partial charge in [-0.1, -0.05) is 0 Å². The van der Waals surface area contributed by atoms with Crippen LogP contribution in [0.3, 0.4) is 0 Å². The summed E-state index contributed by atoms with van der Waals surface area (Å²) in [7, 11) is 2.75. The van der Waals surface area contributed by atoms with Crippen LogP contribution >= 0.6 is 0 Å². The summed E-state index contributed by atoms with van der Waals surface area (Å²) in [6, 6.07) is 4.83. The molecule has 0 bridgehead atoms. The average Bonchev–Trinajstić information content (AvgIpc) is 2.49. The van der Waals surface area contributed by atoms with Crippen molar-refractivity contribution in [2.75, 3.05) is 14.2 Å². The number of benzene rings is 1. The summed E-state index contributed by atoms with van der Waals surface area (Å²) in [5.74, 6) is 0.474. The lowest BCUT2D eigenvalue weighted by atomic mass is 10.1. The van der Waals surface area contributed by atoms with Crippen LogP contribution in [0.2, 0.25) is 0 Å². The maximum absolute atomic E-state index is 12.1. The Morgan fingerprint density at radius 2 is 1.71 bits per heavy atom. The number of imide groups is 1. The van der Waals surface area contributed by atoms with E-state index in [-0.39, 0.29) is 23.6 Å². The van der Waals surface area contributed by atoms with Crippen LogP contribution in [0.1, 0.15) is 31.9 Å². The van der Waals surface area contributed by atoms with Crippen LogP contribution in [0.15, 0.2) is 12.1 Å². The lowest BCUT2D eigenvalue weighted by Gasteiger charge is -2.25. The van der Waals surface area contributed by atoms with Gasteiger partial charge in [0.15, 0.2) is 0 Å². The van der Waals surface area contributed by atoms with E-state index in [2.05, 4.69) is 0 Å². The lowest BCUT2D eigenvalue weighted by molar-refractivity contribution is 0.0253. The lowest BCUT2D eigenvalue weighted by Crippen LogP contribution is -2.39. The third kappa shape index (κ3) is 4.78. The molecule has 1 aromatic rings. The van der Waals surface area contributed by atoms with Crippen LogP contribution < -0.4 is 9.47 Å². The topological polar surface area (TPSA) is 109 Å². The van der Waals surface area contributed by atoms with Crippen molar-refractivity contribution in [1.29, 1.82) is 5.26 Å². The van der Waals surface area contributed by atoms with Crippen molar-refractivity contribution in [2.24, 2.45) is 0 Å². The molecule has 8 nitrogen and oxygen atoms in total. The highest BCUT2D eigenvalue weighted by Gasteiger charge is 2.29. The van der Waals surface area contributed by atoms with Crippen LogP contribution in [0.5, 0.6) is 11.5 Å². The van der Waals surface area contributed by atoms with E-state index in [0.29, 0.717) is 10.5 Å². The fourth-order valence-electron chi connectivity index (χ4n) is 1.89. The zero-order valence-electron chi connectivity index (χ0n) is 14.2. The van der Waals surface area contributed by atoms with Crippen LogP contribution in [0, 0.1) is 11.3 Å². The molecule has 0 radical (unpaired) electrons. The summed E-state index contributed by atoms with van der Waals surface area (Å²) in [5, 5.41) is 18.3. The molecule has 0 unspecified atom stereocenters. The molecule has 1 aromatic carbocycles. The summed E-state index contributed by atoms with van der Waals surface area (Å²) < 4.78 is 15.5. The number of hydrogen-bond acceptors (Lipinski definition) is 6. The van der Waals surface area contributed by atoms with Crippen molar-refractivity contribution >= 4 is 12.2 Å². The summed E-state index contributed by atoms with van der Waals surface area (Å²) >= 11 is 0. The smallest absolute Gasteiger partial charge is 0.420 e. The number of ether oxygens (including phenoxy) is 3. The fourth-order valence-corrected chi connectivity index (χ4v) is 1.89. The van der Waals surface area contributed by atoms with Crippen molar-refractivity contribution in [1.82, 2.24) is 4.90 Å². The van der Waals surface area contributed by atoms with Gasteiger partial charge in [-0.15, -0.1) is 0 Å². The standard InChI is InChI=1S/C16H20N2O6/c1-16(2,3)24-15(21)18(14(19)20)9-11-12(22-4)6-10(8-17)7-13(11)23-5/h6-7H,9H2,1-5H3,(H,19,20). The van der Waals surface area contributed by atoms with Crippen LogP contribution in [0.4, 0.5) is 9.59 Å². The molecule has 0 aliphatic rings. The van der Waals surface area contributed by atoms with Gasteiger partial charge in [-0.2, -0.15) is 5.26 Å². The molecule has 1 rings (SSSR count). The van der Waals surface area contributed by atoms with Gasteiger partial charge in [-0.25, -0.2) is 14.5 Å². The van der Waals surface area contributed by atoms with Gasteiger partial charge in [-0.05, 0) is 32.9 Å². The molecule has 0 fully saturated rings. The van der Waals surface area contributed by atoms with Gasteiger partial charge in [0, 0.05) is 0 Å². The quantitative estimate of drug-likeness (QED) is 0.900. The number of nitrogens with zero attached hydrogens (tertiary/aromatic N) is 2. The zero-order valence-corrected chi connectivity index (χ0v) is 14.2. The maximum Gasteiger partial charge on any atom is 0.420 e. The Balaban J connectivity index is 3.26. The molecule has 0 saturated carbocycles. The SMILES string of the molecule is COc1cc(C#N)cc(OC)c1CN(C(=O)O)C(=O)OC(C)(C)C. The molecule has 0 saturated heterocycles. The highest BCUT2D eigenvalue weighted by molar-refractivity contribution is 5.87. The minimum atomic E-state index is -1.47. The highest BCUT2D eigenvalue weighted by atomic mass is 16.6. The first-order chi connectivity index (χ1) is 11.1. The molecule has 24 heavy (non-hydrogen) atoms. The molecule has 130 valence electrons. The van der Waals surface area contributed by atoms with Gasteiger partial charge in [0.05, 0.1) is 38.0 Å². The number of carboxylic acid groups (broad SMARTS) is 1. The van der Waals surface area contributed by atoms with Crippen LogP contribution in [-0.4, -0.2) is 42.0 Å². The number of carbonyl (C=O) groups is 2. The molecule has 0 aliphatic heterocycles. The minimum absolute atomic E-state index is 0.237. The molecule has 2 amide bonds. The molecular formula is C16H20N2O6. The number of amides is 2. The summed E-state index contributed by atoms with van der Waals surface area (Å²) in [4.78, 5) is 24.1. The fraction of sp³-hybridized carbons (Fsp3) is 0.438. The Kier molecular flexibility index (Phi) is 6.01. The average molecular weight is 336 g/mol. The van der Waals surface area contributed by atoms with Gasteiger partial charge in [0.1, 0.15) is 17.1 Å². The molecule has 0 spiro atoms. The molecular weight excluding hydrogens is 316 g/mol. The highest BCUT2D eigenvalue weighted by Crippen LogP contribution is 2.32. The number of carbonyl (C=O) groups excluding carboxylic acids is 1. The van der Waals surface area contributed by atoms with Crippen LogP contribution in [0.25, 0.3) is 0 Å². The zero-order chi connectivity index (χ0) is 18.5. The van der Waals surface area contributed by atoms with Gasteiger partial charge in [0.25, 0.3) is 0 Å². The Morgan fingerprint density at radius 1 is 1.21 bits per heavy atom. The number of methoxy groups -OCH3 is 2. The second-order valence-corrected chi connectivity index (χ2v) is 5.82. The Bertz CT molecular complexity index is 647. The summed E-state index contributed by atoms with van der Waals surface area (Å²) in [5.41, 5.74) is -0.247. The van der Waals surface area contributed by atoms with E-state index in [1.54, 1.807) is 20.8 Å². The summed E-state index contributed by atoms with van der Waals surface area (Å²) in [6.07, 6.45) is -2.49. The van der Waals surface area contributed by atoms with Crippen molar-refractivity contribution in [3.8, 4) is 17.6 Å². The van der Waals surface area contributed by atoms with E-state index < -0.39 is 17.8 Å². The van der Waals surface area contributed by atoms with E-state index in [1.807, 2.05) is 6.07 Å². The minimum Gasteiger partial charge on any atom is -0.496 e. The van der Waals surface area contributed by atoms with Gasteiger partial charge < -0.3 is 19.3 Å². The van der Waals surface area contributed by atoms with E-state index >= 15 is 0 Å². The number of rotatable bonds is 4. The molecule has 0 heterocycles. The first kappa shape index (κ1) is 19.1. The van der Waals surface area contributed by atoms with E-state index in [0.717, 1.165) is 0 Å². The third-order valence-electron chi connectivity index (χ3n) is 2.90. The predicted octanol–water partition coefficient (Wildman–Crippen LogP) is 2.99. The van der Waals surface area contributed by atoms with E-state index in [9.17, 15) is 14.7 Å². The summed E-state index contributed by atoms with van der Waals surface area (Å²) in [6.45, 7) is 4.55. The van der Waals surface area contributed by atoms with E-state index in [1.165, 1.54) is 26.4 Å². The second-order valence-electron chi connectivity index (χ2n) is 5.82. The normalized spacial score (nSPS) is 10.5. The van der Waals surface area contributed by atoms with Gasteiger partial charge >= 0.3 is 12.2 Å². The third-order valence-corrected chi connectivity index (χ3v) is 2.90. The monoisotopic (exact) mass is 336 g/mol. The molecule has 8 heteroatoms. The second kappa shape index (κ2) is 7.55. The first-order valence-corrected chi connectivity index (χ1v) is 7.01. The Morgan fingerprint density at radius 3 is 2.04 bits per heavy atom. The maximum atomic E-state index is 12.1. The van der Waals surface area contributed by atoms with Gasteiger partial charge in [-0.3, -0.25) is 0 Å². The molecule has 0 aliphatic carbocycles. The van der Waals surface area contributed by atoms with Crippen molar-refractivity contribution in [3.05, 3.63) is 23.3 Å². The van der Waals surface area contributed by atoms with E-state index in [4.69, 9.17) is 19.5 Å². The van der Waals surface area contributed by atoms with Crippen molar-refractivity contribution < 1.29 is 28.9 Å². The van der Waals surface area contributed by atoms with Gasteiger partial charge in [0.2, 0.25) is 0 Å². The number of hydrogen-bond donors (Lipinski definition) is 1. The van der Waals surface area contributed by atoms with Crippen molar-refractivity contribution in [3.63, 3.8) is 0 Å².